The van der Waals surface area contributed by atoms with Crippen molar-refractivity contribution in [3.63, 3.8) is 0 Å². The van der Waals surface area contributed by atoms with Crippen LogP contribution in [-0.2, 0) is 11.3 Å². The molecule has 92 valence electrons. The SMILES string of the molecule is CCC(OCc1ccc2c(c1)OCO2)C(N)=S. The van der Waals surface area contributed by atoms with E-state index in [-0.39, 0.29) is 12.9 Å². The van der Waals surface area contributed by atoms with E-state index >= 15 is 0 Å². The van der Waals surface area contributed by atoms with Gasteiger partial charge in [0, 0.05) is 0 Å². The lowest BCUT2D eigenvalue weighted by molar-refractivity contribution is 0.0828. The summed E-state index contributed by atoms with van der Waals surface area (Å²) in [6.07, 6.45) is 0.607. The standard InChI is InChI=1S/C12H15NO3S/c1-2-9(12(13)17)14-6-8-3-4-10-11(5-8)16-7-15-10/h3-5,9H,2,6-7H2,1H3,(H2,13,17). The summed E-state index contributed by atoms with van der Waals surface area (Å²) >= 11 is 4.92. The highest BCUT2D eigenvalue weighted by molar-refractivity contribution is 7.80. The summed E-state index contributed by atoms with van der Waals surface area (Å²) in [7, 11) is 0. The first-order valence-corrected chi connectivity index (χ1v) is 5.91. The number of hydrogen-bond acceptors (Lipinski definition) is 4. The molecule has 17 heavy (non-hydrogen) atoms. The Morgan fingerprint density at radius 1 is 1.47 bits per heavy atom. The Kier molecular flexibility index (Phi) is 3.81. The average Bonchev–Trinajstić information content (AvgIpc) is 2.76. The van der Waals surface area contributed by atoms with Gasteiger partial charge in [-0.2, -0.15) is 0 Å². The number of fused-ring (bicyclic) bond motifs is 1. The van der Waals surface area contributed by atoms with Gasteiger partial charge in [0.1, 0.15) is 11.1 Å². The van der Waals surface area contributed by atoms with Gasteiger partial charge in [0.05, 0.1) is 6.61 Å². The van der Waals surface area contributed by atoms with Crippen LogP contribution < -0.4 is 15.2 Å². The summed E-state index contributed by atoms with van der Waals surface area (Å²) in [6, 6.07) is 5.73. The van der Waals surface area contributed by atoms with Crippen molar-refractivity contribution in [2.24, 2.45) is 5.73 Å². The molecule has 2 rings (SSSR count). The van der Waals surface area contributed by atoms with Crippen LogP contribution in [0.2, 0.25) is 0 Å². The smallest absolute Gasteiger partial charge is 0.231 e. The van der Waals surface area contributed by atoms with E-state index in [0.29, 0.717) is 11.6 Å². The minimum absolute atomic E-state index is 0.171. The van der Waals surface area contributed by atoms with Crippen LogP contribution in [0, 0.1) is 0 Å². The monoisotopic (exact) mass is 253 g/mol. The Bertz CT molecular complexity index is 422. The minimum atomic E-state index is -0.171. The zero-order valence-electron chi connectivity index (χ0n) is 9.64. The molecule has 1 aliphatic heterocycles. The third-order valence-electron chi connectivity index (χ3n) is 2.58. The van der Waals surface area contributed by atoms with Crippen molar-refractivity contribution >= 4 is 17.2 Å². The van der Waals surface area contributed by atoms with Gasteiger partial charge < -0.3 is 19.9 Å². The Morgan fingerprint density at radius 2 is 2.24 bits per heavy atom. The molecule has 0 radical (unpaired) electrons. The Balaban J connectivity index is 1.97. The molecule has 0 fully saturated rings. The summed E-state index contributed by atoms with van der Waals surface area (Å²) in [4.78, 5) is 0.397. The van der Waals surface area contributed by atoms with Gasteiger partial charge in [-0.25, -0.2) is 0 Å². The molecule has 1 unspecified atom stereocenters. The lowest BCUT2D eigenvalue weighted by atomic mass is 10.2. The Hall–Kier alpha value is -1.33. The molecule has 0 saturated heterocycles. The van der Waals surface area contributed by atoms with Crippen molar-refractivity contribution in [1.82, 2.24) is 0 Å². The Labute approximate surface area is 106 Å². The maximum atomic E-state index is 5.64. The molecule has 0 amide bonds. The summed E-state index contributed by atoms with van der Waals surface area (Å²) in [5.41, 5.74) is 6.58. The van der Waals surface area contributed by atoms with E-state index in [1.165, 1.54) is 0 Å². The second-order valence-corrected chi connectivity index (χ2v) is 4.27. The number of benzene rings is 1. The van der Waals surface area contributed by atoms with E-state index in [0.717, 1.165) is 23.5 Å². The molecule has 5 heteroatoms. The maximum absolute atomic E-state index is 5.64. The Morgan fingerprint density at radius 3 is 2.94 bits per heavy atom. The molecular weight excluding hydrogens is 238 g/mol. The van der Waals surface area contributed by atoms with Gasteiger partial charge in [-0.05, 0) is 24.1 Å². The van der Waals surface area contributed by atoms with E-state index in [1.54, 1.807) is 0 Å². The van der Waals surface area contributed by atoms with Gasteiger partial charge in [0.2, 0.25) is 6.79 Å². The molecule has 1 heterocycles. The molecule has 1 aliphatic rings. The fourth-order valence-electron chi connectivity index (χ4n) is 1.63. The second-order valence-electron chi connectivity index (χ2n) is 3.80. The minimum Gasteiger partial charge on any atom is -0.454 e. The van der Waals surface area contributed by atoms with E-state index in [4.69, 9.17) is 32.2 Å². The molecule has 1 atom stereocenters. The van der Waals surface area contributed by atoms with Gasteiger partial charge >= 0.3 is 0 Å². The zero-order chi connectivity index (χ0) is 12.3. The van der Waals surface area contributed by atoms with Crippen molar-refractivity contribution in [3.8, 4) is 11.5 Å². The number of rotatable bonds is 5. The molecule has 2 N–H and O–H groups in total. The quantitative estimate of drug-likeness (QED) is 0.813. The summed E-state index contributed by atoms with van der Waals surface area (Å²) in [6.45, 7) is 2.74. The van der Waals surface area contributed by atoms with E-state index in [2.05, 4.69) is 0 Å². The van der Waals surface area contributed by atoms with Crippen LogP contribution in [0.3, 0.4) is 0 Å². The van der Waals surface area contributed by atoms with Crippen LogP contribution in [0.4, 0.5) is 0 Å². The molecule has 0 bridgehead atoms. The van der Waals surface area contributed by atoms with Crippen LogP contribution in [0.25, 0.3) is 0 Å². The topological polar surface area (TPSA) is 53.7 Å². The van der Waals surface area contributed by atoms with Crippen LogP contribution in [-0.4, -0.2) is 17.9 Å². The van der Waals surface area contributed by atoms with E-state index in [1.807, 2.05) is 25.1 Å². The van der Waals surface area contributed by atoms with Crippen LogP contribution in [0.5, 0.6) is 11.5 Å². The van der Waals surface area contributed by atoms with Gasteiger partial charge in [-0.15, -0.1) is 0 Å². The lowest BCUT2D eigenvalue weighted by Crippen LogP contribution is -2.28. The third-order valence-corrected chi connectivity index (χ3v) is 2.84. The highest BCUT2D eigenvalue weighted by atomic mass is 32.1. The largest absolute Gasteiger partial charge is 0.454 e. The lowest BCUT2D eigenvalue weighted by Gasteiger charge is -2.14. The molecule has 4 nitrogen and oxygen atoms in total. The van der Waals surface area contributed by atoms with E-state index < -0.39 is 0 Å². The van der Waals surface area contributed by atoms with Gasteiger partial charge in [-0.1, -0.05) is 25.2 Å². The first kappa shape index (κ1) is 12.1. The van der Waals surface area contributed by atoms with Gasteiger partial charge in [-0.3, -0.25) is 0 Å². The normalized spacial score (nSPS) is 14.6. The molecule has 1 aromatic carbocycles. The predicted molar refractivity (Wildman–Crippen MR) is 68.2 cm³/mol. The number of thiocarbonyl (C=S) groups is 1. The van der Waals surface area contributed by atoms with Crippen LogP contribution >= 0.6 is 12.2 Å². The molecule has 0 aliphatic carbocycles. The fraction of sp³-hybridized carbons (Fsp3) is 0.417. The van der Waals surface area contributed by atoms with Crippen molar-refractivity contribution in [2.45, 2.75) is 26.1 Å². The number of hydrogen-bond donors (Lipinski definition) is 1. The van der Waals surface area contributed by atoms with Crippen LogP contribution in [0.15, 0.2) is 18.2 Å². The van der Waals surface area contributed by atoms with Gasteiger partial charge in [0.25, 0.3) is 0 Å². The summed E-state index contributed by atoms with van der Waals surface area (Å²) in [5, 5.41) is 0. The molecule has 0 aromatic heterocycles. The first-order valence-electron chi connectivity index (χ1n) is 5.50. The average molecular weight is 253 g/mol. The molecular formula is C12H15NO3S. The fourth-order valence-corrected chi connectivity index (χ4v) is 1.86. The molecule has 0 spiro atoms. The van der Waals surface area contributed by atoms with Crippen molar-refractivity contribution < 1.29 is 14.2 Å². The summed E-state index contributed by atoms with van der Waals surface area (Å²) in [5.74, 6) is 1.53. The maximum Gasteiger partial charge on any atom is 0.231 e. The third kappa shape index (κ3) is 2.87. The number of nitrogens with two attached hydrogens (primary N) is 1. The van der Waals surface area contributed by atoms with Crippen molar-refractivity contribution in [3.05, 3.63) is 23.8 Å². The first-order chi connectivity index (χ1) is 8.20. The second kappa shape index (κ2) is 5.33. The highest BCUT2D eigenvalue weighted by Crippen LogP contribution is 2.32. The predicted octanol–water partition coefficient (Wildman–Crippen LogP) is 2.00. The highest BCUT2D eigenvalue weighted by Gasteiger charge is 2.14. The molecule has 1 aromatic rings. The van der Waals surface area contributed by atoms with Crippen molar-refractivity contribution in [1.29, 1.82) is 0 Å². The van der Waals surface area contributed by atoms with E-state index in [9.17, 15) is 0 Å². The van der Waals surface area contributed by atoms with Crippen molar-refractivity contribution in [2.75, 3.05) is 6.79 Å². The zero-order valence-corrected chi connectivity index (χ0v) is 10.5. The summed E-state index contributed by atoms with van der Waals surface area (Å²) < 4.78 is 16.2. The van der Waals surface area contributed by atoms with Gasteiger partial charge in [0.15, 0.2) is 11.5 Å². The molecule has 0 saturated carbocycles. The number of ether oxygens (including phenoxy) is 3. The van der Waals surface area contributed by atoms with Crippen LogP contribution in [0.1, 0.15) is 18.9 Å².